The first-order valence-corrected chi connectivity index (χ1v) is 11.1. The molecule has 0 spiro atoms. The molecule has 0 radical (unpaired) electrons. The molecule has 0 unspecified atom stereocenters. The molecule has 34 heavy (non-hydrogen) atoms. The van der Waals surface area contributed by atoms with Gasteiger partial charge in [-0.3, -0.25) is 14.8 Å². The number of benzene rings is 3. The van der Waals surface area contributed by atoms with Gasteiger partial charge < -0.3 is 14.8 Å². The Bertz CT molecular complexity index is 1430. The van der Waals surface area contributed by atoms with Gasteiger partial charge in [-0.15, -0.1) is 0 Å². The number of aliphatic imine (C=N–C) groups is 1. The van der Waals surface area contributed by atoms with Crippen molar-refractivity contribution in [2.75, 3.05) is 19.5 Å². The van der Waals surface area contributed by atoms with Gasteiger partial charge in [-0.25, -0.2) is 0 Å². The van der Waals surface area contributed by atoms with E-state index in [-0.39, 0.29) is 5.91 Å². The number of fused-ring (bicyclic) bond motifs is 2. The van der Waals surface area contributed by atoms with E-state index in [0.717, 1.165) is 50.1 Å². The predicted molar refractivity (Wildman–Crippen MR) is 134 cm³/mol. The molecular weight excluding hydrogens is 426 g/mol. The standard InChI is InChI=1S/C28H25N3O3/c1-17-15-30-23-14-24(33-3)25(34-16-18-7-5-4-6-8-18)13-21(23)27(17)28(29-2)20-10-9-19-12-26(32)31-22(19)11-20/h4-11,13-15H,12,16H2,1-3H3,(H,31,32). The number of ether oxygens (including phenoxy) is 2. The van der Waals surface area contributed by atoms with Gasteiger partial charge in [-0.1, -0.05) is 42.5 Å². The molecule has 1 aromatic heterocycles. The summed E-state index contributed by atoms with van der Waals surface area (Å²) in [7, 11) is 3.41. The van der Waals surface area contributed by atoms with E-state index >= 15 is 0 Å². The first-order chi connectivity index (χ1) is 16.6. The van der Waals surface area contributed by atoms with Gasteiger partial charge in [0.2, 0.25) is 5.91 Å². The highest BCUT2D eigenvalue weighted by Gasteiger charge is 2.21. The van der Waals surface area contributed by atoms with Gasteiger partial charge in [0.15, 0.2) is 11.5 Å². The van der Waals surface area contributed by atoms with Crippen LogP contribution in [0.15, 0.2) is 71.9 Å². The Morgan fingerprint density at radius 3 is 2.68 bits per heavy atom. The Balaban J connectivity index is 1.60. The highest BCUT2D eigenvalue weighted by atomic mass is 16.5. The number of anilines is 1. The van der Waals surface area contributed by atoms with Crippen LogP contribution in [-0.4, -0.2) is 30.8 Å². The van der Waals surface area contributed by atoms with Crippen molar-refractivity contribution in [1.82, 2.24) is 4.98 Å². The van der Waals surface area contributed by atoms with Crippen molar-refractivity contribution in [3.05, 3.63) is 94.7 Å². The molecule has 0 saturated heterocycles. The van der Waals surface area contributed by atoms with Gasteiger partial charge in [0.1, 0.15) is 6.61 Å². The van der Waals surface area contributed by atoms with E-state index in [4.69, 9.17) is 9.47 Å². The van der Waals surface area contributed by atoms with Crippen LogP contribution in [-0.2, 0) is 17.8 Å². The van der Waals surface area contributed by atoms with Gasteiger partial charge in [-0.05, 0) is 35.7 Å². The number of nitrogens with zero attached hydrogens (tertiary/aromatic N) is 2. The summed E-state index contributed by atoms with van der Waals surface area (Å²) in [5.41, 5.74) is 7.44. The molecule has 0 bridgehead atoms. The van der Waals surface area contributed by atoms with Crippen molar-refractivity contribution in [2.24, 2.45) is 4.99 Å². The zero-order valence-electron chi connectivity index (χ0n) is 19.4. The van der Waals surface area contributed by atoms with Crippen molar-refractivity contribution in [3.8, 4) is 11.5 Å². The summed E-state index contributed by atoms with van der Waals surface area (Å²) in [6.45, 7) is 2.45. The number of amides is 1. The van der Waals surface area contributed by atoms with Gasteiger partial charge >= 0.3 is 0 Å². The molecule has 5 rings (SSSR count). The number of hydrogen-bond donors (Lipinski definition) is 1. The minimum atomic E-state index is 0.0139. The normalized spacial score (nSPS) is 13.0. The second kappa shape index (κ2) is 8.98. The monoisotopic (exact) mass is 451 g/mol. The van der Waals surface area contributed by atoms with Crippen molar-refractivity contribution in [2.45, 2.75) is 20.0 Å². The van der Waals surface area contributed by atoms with Crippen LogP contribution in [0.25, 0.3) is 10.9 Å². The second-order valence-electron chi connectivity index (χ2n) is 8.28. The maximum atomic E-state index is 11.8. The zero-order valence-corrected chi connectivity index (χ0v) is 19.4. The molecule has 0 saturated carbocycles. The smallest absolute Gasteiger partial charge is 0.228 e. The molecule has 3 aromatic carbocycles. The maximum absolute atomic E-state index is 11.8. The third kappa shape index (κ3) is 3.99. The van der Waals surface area contributed by atoms with Crippen LogP contribution in [0.1, 0.15) is 27.8 Å². The van der Waals surface area contributed by atoms with Crippen LogP contribution in [0.3, 0.4) is 0 Å². The van der Waals surface area contributed by atoms with Crippen molar-refractivity contribution in [3.63, 3.8) is 0 Å². The zero-order chi connectivity index (χ0) is 23.7. The molecule has 0 aliphatic carbocycles. The van der Waals surface area contributed by atoms with Crippen LogP contribution >= 0.6 is 0 Å². The van der Waals surface area contributed by atoms with Crippen LogP contribution in [0.5, 0.6) is 11.5 Å². The third-order valence-corrected chi connectivity index (χ3v) is 6.05. The molecule has 170 valence electrons. The van der Waals surface area contributed by atoms with Gasteiger partial charge in [0, 0.05) is 41.5 Å². The summed E-state index contributed by atoms with van der Waals surface area (Å²) in [5, 5.41) is 3.86. The lowest BCUT2D eigenvalue weighted by atomic mass is 9.94. The summed E-state index contributed by atoms with van der Waals surface area (Å²) in [4.78, 5) is 21.1. The summed E-state index contributed by atoms with van der Waals surface area (Å²) < 4.78 is 11.8. The van der Waals surface area contributed by atoms with E-state index in [9.17, 15) is 4.79 Å². The van der Waals surface area contributed by atoms with Gasteiger partial charge in [0.25, 0.3) is 0 Å². The fraction of sp³-hybridized carbons (Fsp3) is 0.179. The Hall–Kier alpha value is -4.19. The first-order valence-electron chi connectivity index (χ1n) is 11.1. The average molecular weight is 452 g/mol. The lowest BCUT2D eigenvalue weighted by Gasteiger charge is -2.17. The van der Waals surface area contributed by atoms with E-state index in [0.29, 0.717) is 24.5 Å². The van der Waals surface area contributed by atoms with Crippen molar-refractivity contribution < 1.29 is 14.3 Å². The van der Waals surface area contributed by atoms with E-state index in [1.165, 1.54) is 0 Å². The second-order valence-corrected chi connectivity index (χ2v) is 8.28. The number of aryl methyl sites for hydroxylation is 1. The Kier molecular flexibility index (Phi) is 5.72. The van der Waals surface area contributed by atoms with E-state index < -0.39 is 0 Å². The van der Waals surface area contributed by atoms with E-state index in [2.05, 4.69) is 15.3 Å². The SMILES string of the molecule is CN=C(c1ccc2c(c1)NC(=O)C2)c1c(C)cnc2cc(OC)c(OCc3ccccc3)cc12. The van der Waals surface area contributed by atoms with Gasteiger partial charge in [-0.2, -0.15) is 0 Å². The van der Waals surface area contributed by atoms with Crippen molar-refractivity contribution in [1.29, 1.82) is 0 Å². The number of pyridine rings is 1. The number of hydrogen-bond acceptors (Lipinski definition) is 5. The first kappa shape index (κ1) is 21.6. The molecule has 6 nitrogen and oxygen atoms in total. The van der Waals surface area contributed by atoms with Crippen molar-refractivity contribution >= 4 is 28.2 Å². The Labute approximate surface area is 198 Å². The topological polar surface area (TPSA) is 72.8 Å². The number of methoxy groups -OCH3 is 1. The lowest BCUT2D eigenvalue weighted by molar-refractivity contribution is -0.115. The molecule has 1 aliphatic heterocycles. The average Bonchev–Trinajstić information content (AvgIpc) is 3.24. The molecule has 0 atom stereocenters. The predicted octanol–water partition coefficient (Wildman–Crippen LogP) is 5.09. The largest absolute Gasteiger partial charge is 0.493 e. The Morgan fingerprint density at radius 1 is 1.09 bits per heavy atom. The van der Waals surface area contributed by atoms with Crippen LogP contribution in [0.2, 0.25) is 0 Å². The quantitative estimate of drug-likeness (QED) is 0.414. The van der Waals surface area contributed by atoms with Crippen LogP contribution in [0.4, 0.5) is 5.69 Å². The molecule has 4 aromatic rings. The molecule has 1 aliphatic rings. The molecule has 1 amide bonds. The number of nitrogens with one attached hydrogen (secondary N) is 1. The highest BCUT2D eigenvalue weighted by molar-refractivity contribution is 6.20. The Morgan fingerprint density at radius 2 is 1.91 bits per heavy atom. The lowest BCUT2D eigenvalue weighted by Crippen LogP contribution is -2.09. The molecule has 2 heterocycles. The minimum absolute atomic E-state index is 0.0139. The summed E-state index contributed by atoms with van der Waals surface area (Å²) in [5.74, 6) is 1.28. The fourth-order valence-electron chi connectivity index (χ4n) is 4.37. The highest BCUT2D eigenvalue weighted by Crippen LogP contribution is 2.36. The van der Waals surface area contributed by atoms with Gasteiger partial charge in [0.05, 0.1) is 24.8 Å². The fourth-order valence-corrected chi connectivity index (χ4v) is 4.37. The van der Waals surface area contributed by atoms with E-state index in [1.807, 2.05) is 73.8 Å². The third-order valence-electron chi connectivity index (χ3n) is 6.05. The number of carbonyl (C=O) groups excluding carboxylic acids is 1. The van der Waals surface area contributed by atoms with Crippen LogP contribution in [0, 0.1) is 6.92 Å². The van der Waals surface area contributed by atoms with Crippen LogP contribution < -0.4 is 14.8 Å². The summed E-state index contributed by atoms with van der Waals surface area (Å²) in [6, 6.07) is 19.9. The number of rotatable bonds is 6. The molecule has 0 fully saturated rings. The summed E-state index contributed by atoms with van der Waals surface area (Å²) >= 11 is 0. The molecule has 1 N–H and O–H groups in total. The minimum Gasteiger partial charge on any atom is -0.493 e. The summed E-state index contributed by atoms with van der Waals surface area (Å²) in [6.07, 6.45) is 2.26. The van der Waals surface area contributed by atoms with E-state index in [1.54, 1.807) is 14.2 Å². The molecular formula is C28H25N3O3. The number of aromatic nitrogens is 1. The number of carbonyl (C=O) groups is 1. The molecule has 6 heteroatoms. The maximum Gasteiger partial charge on any atom is 0.228 e.